The topological polar surface area (TPSA) is 97.3 Å². The Kier molecular flexibility index (Phi) is 9.54. The van der Waals surface area contributed by atoms with Crippen molar-refractivity contribution in [2.45, 2.75) is 27.4 Å². The van der Waals surface area contributed by atoms with Crippen LogP contribution in [-0.2, 0) is 21.4 Å². The highest BCUT2D eigenvalue weighted by atomic mass is 35.5. The summed E-state index contributed by atoms with van der Waals surface area (Å²) in [5.74, 6) is 0.522. The maximum absolute atomic E-state index is 12.5. The highest BCUT2D eigenvalue weighted by Crippen LogP contribution is 2.29. The van der Waals surface area contributed by atoms with Gasteiger partial charge in [-0.15, -0.1) is 0 Å². The molecule has 8 nitrogen and oxygen atoms in total. The van der Waals surface area contributed by atoms with Crippen LogP contribution in [0.2, 0.25) is 5.02 Å². The molecule has 0 bridgehead atoms. The SMILES string of the molecule is CCOc1cc(/C=N\NC(=O)CN(c2cc(C)cc(C)c2)S(C)(=O)=O)ccc1OCc1ccc(Cl)cc1. The quantitative estimate of drug-likeness (QED) is 0.275. The van der Waals surface area contributed by atoms with Gasteiger partial charge in [-0.05, 0) is 85.5 Å². The molecule has 196 valence electrons. The van der Waals surface area contributed by atoms with E-state index in [9.17, 15) is 13.2 Å². The first kappa shape index (κ1) is 28.0. The van der Waals surface area contributed by atoms with Gasteiger partial charge < -0.3 is 9.47 Å². The van der Waals surface area contributed by atoms with Crippen molar-refractivity contribution in [2.24, 2.45) is 5.10 Å². The first-order valence-corrected chi connectivity index (χ1v) is 13.8. The summed E-state index contributed by atoms with van der Waals surface area (Å²) in [5.41, 5.74) is 6.24. The molecule has 10 heteroatoms. The number of carbonyl (C=O) groups excluding carboxylic acids is 1. The van der Waals surface area contributed by atoms with Crippen LogP contribution in [0.15, 0.2) is 65.8 Å². The summed E-state index contributed by atoms with van der Waals surface area (Å²) in [4.78, 5) is 12.5. The predicted molar refractivity (Wildman–Crippen MR) is 147 cm³/mol. The molecule has 0 atom stereocenters. The van der Waals surface area contributed by atoms with Crippen LogP contribution in [0.1, 0.15) is 29.2 Å². The van der Waals surface area contributed by atoms with Crippen LogP contribution < -0.4 is 19.2 Å². The second-order valence-electron chi connectivity index (χ2n) is 8.46. The van der Waals surface area contributed by atoms with E-state index in [2.05, 4.69) is 10.5 Å². The second kappa shape index (κ2) is 12.6. The van der Waals surface area contributed by atoms with Crippen LogP contribution in [0.5, 0.6) is 11.5 Å². The number of amides is 1. The zero-order valence-electron chi connectivity index (χ0n) is 21.2. The van der Waals surface area contributed by atoms with E-state index in [0.29, 0.717) is 41.0 Å². The predicted octanol–water partition coefficient (Wildman–Crippen LogP) is 4.85. The van der Waals surface area contributed by atoms with Crippen molar-refractivity contribution in [3.05, 3.63) is 87.9 Å². The Balaban J connectivity index is 1.66. The van der Waals surface area contributed by atoms with E-state index in [1.807, 2.05) is 39.0 Å². The summed E-state index contributed by atoms with van der Waals surface area (Å²) in [6.45, 7) is 5.98. The fourth-order valence-corrected chi connectivity index (χ4v) is 4.54. The van der Waals surface area contributed by atoms with Crippen molar-refractivity contribution >= 4 is 39.4 Å². The molecule has 1 amide bonds. The molecule has 0 saturated carbocycles. The molecular formula is C27H30ClN3O5S. The Bertz CT molecular complexity index is 1360. The second-order valence-corrected chi connectivity index (χ2v) is 10.8. The van der Waals surface area contributed by atoms with Gasteiger partial charge in [-0.25, -0.2) is 13.8 Å². The standard InChI is InChI=1S/C27H30ClN3O5S/c1-5-35-26-15-22(8-11-25(26)36-18-21-6-9-23(28)10-7-21)16-29-30-27(32)17-31(37(4,33)34)24-13-19(2)12-20(3)14-24/h6-16H,5,17-18H2,1-4H3,(H,30,32)/b29-16-. The first-order chi connectivity index (χ1) is 17.5. The maximum Gasteiger partial charge on any atom is 0.260 e. The van der Waals surface area contributed by atoms with Crippen molar-refractivity contribution in [3.63, 3.8) is 0 Å². The lowest BCUT2D eigenvalue weighted by molar-refractivity contribution is -0.119. The van der Waals surface area contributed by atoms with Gasteiger partial charge in [-0.3, -0.25) is 9.10 Å². The van der Waals surface area contributed by atoms with Crippen molar-refractivity contribution in [2.75, 3.05) is 23.7 Å². The molecule has 0 aliphatic rings. The minimum atomic E-state index is -3.68. The third kappa shape index (κ3) is 8.51. The molecule has 3 aromatic carbocycles. The van der Waals surface area contributed by atoms with Crippen molar-refractivity contribution in [1.29, 1.82) is 0 Å². The minimum Gasteiger partial charge on any atom is -0.490 e. The summed E-state index contributed by atoms with van der Waals surface area (Å²) in [7, 11) is -3.68. The van der Waals surface area contributed by atoms with Crippen LogP contribution in [0.3, 0.4) is 0 Å². The number of sulfonamides is 1. The molecule has 0 fully saturated rings. The highest BCUT2D eigenvalue weighted by molar-refractivity contribution is 7.92. The number of carbonyl (C=O) groups is 1. The molecule has 0 aliphatic heterocycles. The average molecular weight is 544 g/mol. The molecule has 0 aliphatic carbocycles. The van der Waals surface area contributed by atoms with Gasteiger partial charge in [-0.2, -0.15) is 5.10 Å². The zero-order chi connectivity index (χ0) is 27.0. The molecule has 0 aromatic heterocycles. The summed E-state index contributed by atoms with van der Waals surface area (Å²) in [5, 5.41) is 4.64. The van der Waals surface area contributed by atoms with E-state index in [1.165, 1.54) is 6.21 Å². The van der Waals surface area contributed by atoms with Gasteiger partial charge in [0.1, 0.15) is 13.2 Å². The number of hydrogen-bond acceptors (Lipinski definition) is 6. The van der Waals surface area contributed by atoms with Crippen molar-refractivity contribution < 1.29 is 22.7 Å². The van der Waals surface area contributed by atoms with Crippen LogP contribution in [-0.4, -0.2) is 39.9 Å². The number of hydrogen-bond donors (Lipinski definition) is 1. The maximum atomic E-state index is 12.5. The van der Waals surface area contributed by atoms with Gasteiger partial charge >= 0.3 is 0 Å². The molecule has 0 radical (unpaired) electrons. The molecule has 1 N–H and O–H groups in total. The Hall–Kier alpha value is -3.56. The fourth-order valence-electron chi connectivity index (χ4n) is 3.57. The molecule has 37 heavy (non-hydrogen) atoms. The molecule has 3 rings (SSSR count). The fraction of sp³-hybridized carbons (Fsp3) is 0.259. The molecule has 0 saturated heterocycles. The number of benzene rings is 3. The zero-order valence-corrected chi connectivity index (χ0v) is 22.8. The number of aryl methyl sites for hydroxylation is 2. The Labute approximate surface area is 222 Å². The van der Waals surface area contributed by atoms with Crippen LogP contribution in [0, 0.1) is 13.8 Å². The number of nitrogens with one attached hydrogen (secondary N) is 1. The lowest BCUT2D eigenvalue weighted by atomic mass is 10.1. The van der Waals surface area contributed by atoms with Gasteiger partial charge in [0.25, 0.3) is 5.91 Å². The average Bonchev–Trinajstić information content (AvgIpc) is 2.82. The van der Waals surface area contributed by atoms with E-state index in [-0.39, 0.29) is 0 Å². The van der Waals surface area contributed by atoms with Crippen LogP contribution >= 0.6 is 11.6 Å². The van der Waals surface area contributed by atoms with Crippen LogP contribution in [0.4, 0.5) is 5.69 Å². The number of anilines is 1. The van der Waals surface area contributed by atoms with E-state index >= 15 is 0 Å². The lowest BCUT2D eigenvalue weighted by Crippen LogP contribution is -2.39. The summed E-state index contributed by atoms with van der Waals surface area (Å²) in [6, 6.07) is 18.0. The van der Waals surface area contributed by atoms with E-state index in [0.717, 1.165) is 27.3 Å². The summed E-state index contributed by atoms with van der Waals surface area (Å²) < 4.78 is 37.4. The molecule has 0 unspecified atom stereocenters. The van der Waals surface area contributed by atoms with E-state index in [4.69, 9.17) is 21.1 Å². The van der Waals surface area contributed by atoms with Gasteiger partial charge in [0.2, 0.25) is 10.0 Å². The van der Waals surface area contributed by atoms with E-state index in [1.54, 1.807) is 42.5 Å². The third-order valence-corrected chi connectivity index (χ3v) is 6.55. The third-order valence-electron chi connectivity index (χ3n) is 5.16. The first-order valence-electron chi connectivity index (χ1n) is 11.6. The Morgan fingerprint density at radius 2 is 1.68 bits per heavy atom. The lowest BCUT2D eigenvalue weighted by Gasteiger charge is -2.22. The molecule has 0 spiro atoms. The molecule has 0 heterocycles. The van der Waals surface area contributed by atoms with Crippen LogP contribution in [0.25, 0.3) is 0 Å². The largest absolute Gasteiger partial charge is 0.490 e. The Morgan fingerprint density at radius 1 is 1.00 bits per heavy atom. The molecule has 3 aromatic rings. The van der Waals surface area contributed by atoms with Crippen molar-refractivity contribution in [1.82, 2.24) is 5.43 Å². The summed E-state index contributed by atoms with van der Waals surface area (Å²) in [6.07, 6.45) is 2.51. The van der Waals surface area contributed by atoms with Gasteiger partial charge in [0, 0.05) is 5.02 Å². The highest BCUT2D eigenvalue weighted by Gasteiger charge is 2.21. The molecular weight excluding hydrogens is 514 g/mol. The van der Waals surface area contributed by atoms with Gasteiger partial charge in [-0.1, -0.05) is 29.8 Å². The normalized spacial score (nSPS) is 11.4. The Morgan fingerprint density at radius 3 is 2.30 bits per heavy atom. The van der Waals surface area contributed by atoms with E-state index < -0.39 is 22.5 Å². The smallest absolute Gasteiger partial charge is 0.260 e. The summed E-state index contributed by atoms with van der Waals surface area (Å²) >= 11 is 5.93. The number of rotatable bonds is 11. The number of hydrazone groups is 1. The number of halogens is 1. The monoisotopic (exact) mass is 543 g/mol. The van der Waals surface area contributed by atoms with Gasteiger partial charge in [0.05, 0.1) is 24.8 Å². The number of nitrogens with zero attached hydrogens (tertiary/aromatic N) is 2. The minimum absolute atomic E-state index is 0.345. The number of ether oxygens (including phenoxy) is 2. The van der Waals surface area contributed by atoms with Crippen molar-refractivity contribution in [3.8, 4) is 11.5 Å². The van der Waals surface area contributed by atoms with Gasteiger partial charge in [0.15, 0.2) is 11.5 Å².